The van der Waals surface area contributed by atoms with Gasteiger partial charge < -0.3 is 19.7 Å². The standard InChI is InChI=1S/C19H26N2O4/c1-2-21(13-16-8-4-10-24-16)19(23)14-6-3-7-15(12-14)20-18(22)17-9-5-11-25-17/h3,6-7,12,16-17H,2,4-5,8-11,13H2,1H3,(H,20,22)/t16-,17-/m1/s1. The van der Waals surface area contributed by atoms with Crippen LogP contribution < -0.4 is 5.32 Å². The van der Waals surface area contributed by atoms with Crippen molar-refractivity contribution < 1.29 is 19.1 Å². The maximum atomic E-state index is 12.8. The number of rotatable bonds is 6. The van der Waals surface area contributed by atoms with Crippen LogP contribution in [0.25, 0.3) is 0 Å². The summed E-state index contributed by atoms with van der Waals surface area (Å²) in [6.07, 6.45) is 3.46. The fraction of sp³-hybridized carbons (Fsp3) is 0.579. The topological polar surface area (TPSA) is 67.9 Å². The van der Waals surface area contributed by atoms with Gasteiger partial charge in [0.25, 0.3) is 11.8 Å². The fourth-order valence-electron chi connectivity index (χ4n) is 3.31. The number of benzene rings is 1. The molecule has 0 unspecified atom stereocenters. The first-order valence-electron chi connectivity index (χ1n) is 9.10. The smallest absolute Gasteiger partial charge is 0.254 e. The minimum Gasteiger partial charge on any atom is -0.376 e. The Labute approximate surface area is 148 Å². The molecule has 2 atom stereocenters. The molecule has 0 saturated carbocycles. The lowest BCUT2D eigenvalue weighted by Gasteiger charge is -2.24. The summed E-state index contributed by atoms with van der Waals surface area (Å²) in [5.41, 5.74) is 1.20. The second kappa shape index (κ2) is 8.45. The van der Waals surface area contributed by atoms with Crippen molar-refractivity contribution >= 4 is 17.5 Å². The zero-order valence-electron chi connectivity index (χ0n) is 14.7. The Bertz CT molecular complexity index is 607. The van der Waals surface area contributed by atoms with Crippen molar-refractivity contribution in [1.82, 2.24) is 4.90 Å². The number of nitrogens with one attached hydrogen (secondary N) is 1. The largest absolute Gasteiger partial charge is 0.376 e. The highest BCUT2D eigenvalue weighted by molar-refractivity contribution is 5.98. The van der Waals surface area contributed by atoms with Gasteiger partial charge in [-0.3, -0.25) is 9.59 Å². The Hall–Kier alpha value is -1.92. The van der Waals surface area contributed by atoms with E-state index in [0.29, 0.717) is 30.9 Å². The van der Waals surface area contributed by atoms with E-state index in [2.05, 4.69) is 5.32 Å². The summed E-state index contributed by atoms with van der Waals surface area (Å²) in [7, 11) is 0. The Morgan fingerprint density at radius 3 is 2.68 bits per heavy atom. The van der Waals surface area contributed by atoms with Crippen molar-refractivity contribution in [2.45, 2.75) is 44.8 Å². The van der Waals surface area contributed by atoms with E-state index in [1.54, 1.807) is 29.2 Å². The van der Waals surface area contributed by atoms with Gasteiger partial charge >= 0.3 is 0 Å². The molecule has 2 heterocycles. The lowest BCUT2D eigenvalue weighted by molar-refractivity contribution is -0.124. The van der Waals surface area contributed by atoms with Gasteiger partial charge in [0.2, 0.25) is 0 Å². The van der Waals surface area contributed by atoms with Crippen LogP contribution in [0.4, 0.5) is 5.69 Å². The summed E-state index contributed by atoms with van der Waals surface area (Å²) in [5.74, 6) is -0.181. The van der Waals surface area contributed by atoms with E-state index in [9.17, 15) is 9.59 Å². The third kappa shape index (κ3) is 4.58. The summed E-state index contributed by atoms with van der Waals surface area (Å²) >= 11 is 0. The maximum Gasteiger partial charge on any atom is 0.254 e. The van der Waals surface area contributed by atoms with Crippen LogP contribution in [0.5, 0.6) is 0 Å². The average molecular weight is 346 g/mol. The molecular weight excluding hydrogens is 320 g/mol. The van der Waals surface area contributed by atoms with Gasteiger partial charge in [-0.2, -0.15) is 0 Å². The van der Waals surface area contributed by atoms with Crippen molar-refractivity contribution in [3.63, 3.8) is 0 Å². The van der Waals surface area contributed by atoms with Gasteiger partial charge in [-0.15, -0.1) is 0 Å². The number of hydrogen-bond donors (Lipinski definition) is 1. The molecule has 1 N–H and O–H groups in total. The quantitative estimate of drug-likeness (QED) is 0.859. The van der Waals surface area contributed by atoms with Gasteiger partial charge in [0.1, 0.15) is 6.10 Å². The average Bonchev–Trinajstić information content (AvgIpc) is 3.33. The third-order valence-electron chi connectivity index (χ3n) is 4.72. The van der Waals surface area contributed by atoms with Crippen molar-refractivity contribution in [2.75, 3.05) is 31.6 Å². The van der Waals surface area contributed by atoms with E-state index in [4.69, 9.17) is 9.47 Å². The number of carbonyl (C=O) groups excluding carboxylic acids is 2. The molecular formula is C19H26N2O4. The predicted molar refractivity (Wildman–Crippen MR) is 94.6 cm³/mol. The molecule has 136 valence electrons. The second-order valence-electron chi connectivity index (χ2n) is 6.55. The molecule has 6 nitrogen and oxygen atoms in total. The van der Waals surface area contributed by atoms with E-state index in [-0.39, 0.29) is 24.0 Å². The van der Waals surface area contributed by atoms with E-state index in [0.717, 1.165) is 32.3 Å². The van der Waals surface area contributed by atoms with Crippen molar-refractivity contribution in [2.24, 2.45) is 0 Å². The first-order valence-corrected chi connectivity index (χ1v) is 9.10. The highest BCUT2D eigenvalue weighted by Gasteiger charge is 2.25. The number of hydrogen-bond acceptors (Lipinski definition) is 4. The number of carbonyl (C=O) groups is 2. The molecule has 0 spiro atoms. The molecule has 0 bridgehead atoms. The van der Waals surface area contributed by atoms with Gasteiger partial charge in [0.05, 0.1) is 6.10 Å². The Kier molecular flexibility index (Phi) is 6.04. The normalized spacial score (nSPS) is 22.8. The molecule has 0 radical (unpaired) electrons. The first kappa shape index (κ1) is 17.9. The van der Waals surface area contributed by atoms with Gasteiger partial charge in [-0.1, -0.05) is 6.07 Å². The predicted octanol–water partition coefficient (Wildman–Crippen LogP) is 2.45. The SMILES string of the molecule is CCN(C[C@H]1CCCO1)C(=O)c1cccc(NC(=O)[C@H]2CCCO2)c1. The molecule has 2 fully saturated rings. The van der Waals surface area contributed by atoms with Gasteiger partial charge in [0, 0.05) is 37.6 Å². The molecule has 25 heavy (non-hydrogen) atoms. The van der Waals surface area contributed by atoms with Crippen LogP contribution in [-0.4, -0.2) is 55.2 Å². The molecule has 1 aromatic rings. The fourth-order valence-corrected chi connectivity index (χ4v) is 3.31. The van der Waals surface area contributed by atoms with Crippen LogP contribution in [-0.2, 0) is 14.3 Å². The number of likely N-dealkylation sites (N-methyl/N-ethyl adjacent to an activating group) is 1. The molecule has 6 heteroatoms. The summed E-state index contributed by atoms with van der Waals surface area (Å²) in [6.45, 7) is 4.62. The van der Waals surface area contributed by atoms with E-state index < -0.39 is 0 Å². The second-order valence-corrected chi connectivity index (χ2v) is 6.55. The van der Waals surface area contributed by atoms with Crippen LogP contribution in [0.2, 0.25) is 0 Å². The van der Waals surface area contributed by atoms with Crippen molar-refractivity contribution in [1.29, 1.82) is 0 Å². The van der Waals surface area contributed by atoms with Crippen LogP contribution in [0.3, 0.4) is 0 Å². The molecule has 2 aliphatic heterocycles. The minimum atomic E-state index is -0.383. The molecule has 2 amide bonds. The third-order valence-corrected chi connectivity index (χ3v) is 4.72. The van der Waals surface area contributed by atoms with Gasteiger partial charge in [-0.25, -0.2) is 0 Å². The maximum absolute atomic E-state index is 12.8. The van der Waals surface area contributed by atoms with E-state index in [1.165, 1.54) is 0 Å². The molecule has 2 aliphatic rings. The highest BCUT2D eigenvalue weighted by Crippen LogP contribution is 2.18. The van der Waals surface area contributed by atoms with Gasteiger partial charge in [0.15, 0.2) is 0 Å². The lowest BCUT2D eigenvalue weighted by atomic mass is 10.1. The Morgan fingerprint density at radius 2 is 2.00 bits per heavy atom. The van der Waals surface area contributed by atoms with E-state index >= 15 is 0 Å². The van der Waals surface area contributed by atoms with Crippen molar-refractivity contribution in [3.8, 4) is 0 Å². The molecule has 3 rings (SSSR count). The summed E-state index contributed by atoms with van der Waals surface area (Å²) in [4.78, 5) is 26.8. The van der Waals surface area contributed by atoms with Crippen LogP contribution >= 0.6 is 0 Å². The molecule has 0 aromatic heterocycles. The summed E-state index contributed by atoms with van der Waals surface area (Å²) in [5, 5.41) is 2.85. The molecule has 2 saturated heterocycles. The zero-order chi connectivity index (χ0) is 17.6. The first-order chi connectivity index (χ1) is 12.2. The summed E-state index contributed by atoms with van der Waals surface area (Å²) < 4.78 is 11.0. The molecule has 0 aliphatic carbocycles. The van der Waals surface area contributed by atoms with E-state index in [1.807, 2.05) is 6.92 Å². The minimum absolute atomic E-state index is 0.0359. The van der Waals surface area contributed by atoms with Gasteiger partial charge in [-0.05, 0) is 50.8 Å². The Balaban J connectivity index is 1.64. The monoisotopic (exact) mass is 346 g/mol. The lowest BCUT2D eigenvalue weighted by Crippen LogP contribution is -2.37. The molecule has 1 aromatic carbocycles. The zero-order valence-corrected chi connectivity index (χ0v) is 14.7. The number of anilines is 1. The summed E-state index contributed by atoms with van der Waals surface area (Å²) in [6, 6.07) is 7.09. The van der Waals surface area contributed by atoms with Crippen LogP contribution in [0.1, 0.15) is 43.0 Å². The van der Waals surface area contributed by atoms with Crippen LogP contribution in [0.15, 0.2) is 24.3 Å². The van der Waals surface area contributed by atoms with Crippen molar-refractivity contribution in [3.05, 3.63) is 29.8 Å². The number of amides is 2. The number of ether oxygens (including phenoxy) is 2. The van der Waals surface area contributed by atoms with Crippen LogP contribution in [0, 0.1) is 0 Å². The highest BCUT2D eigenvalue weighted by atomic mass is 16.5. The Morgan fingerprint density at radius 1 is 1.20 bits per heavy atom. The number of nitrogens with zero attached hydrogens (tertiary/aromatic N) is 1.